The van der Waals surface area contributed by atoms with Crippen molar-refractivity contribution in [1.29, 1.82) is 0 Å². The summed E-state index contributed by atoms with van der Waals surface area (Å²) in [7, 11) is 0. The van der Waals surface area contributed by atoms with Crippen LogP contribution in [0.3, 0.4) is 0 Å². The van der Waals surface area contributed by atoms with Crippen LogP contribution in [0.25, 0.3) is 0 Å². The highest BCUT2D eigenvalue weighted by molar-refractivity contribution is 5.96. The van der Waals surface area contributed by atoms with Gasteiger partial charge in [0.25, 0.3) is 5.91 Å². The fraction of sp³-hybridized carbons (Fsp3) is 0.486. The molecule has 2 fully saturated rings. The number of nitrogens with one attached hydrogen (secondary N) is 2. The second-order valence-electron chi connectivity index (χ2n) is 11.8. The summed E-state index contributed by atoms with van der Waals surface area (Å²) in [4.78, 5) is 39.6. The number of rotatable bonds is 13. The maximum absolute atomic E-state index is 13.7. The normalized spacial score (nSPS) is 21.5. The smallest absolute Gasteiger partial charge is 0.358 e. The summed E-state index contributed by atoms with van der Waals surface area (Å²) in [5, 5.41) is 10.5. The van der Waals surface area contributed by atoms with E-state index >= 15 is 0 Å². The van der Waals surface area contributed by atoms with E-state index in [1.807, 2.05) is 60.7 Å². The SMILES string of the molecule is CCOC(=O)c1cc(C(=O)N[C@@H]2CCCC[C@@H]2OCc2ccccc2)n(CC(=O)N[C@H]2CCCC[C@H]2OCc2ccccc2)n1. The van der Waals surface area contributed by atoms with Crippen LogP contribution in [0.15, 0.2) is 66.7 Å². The summed E-state index contributed by atoms with van der Waals surface area (Å²) in [5.74, 6) is -1.36. The van der Waals surface area contributed by atoms with E-state index in [1.165, 1.54) is 10.7 Å². The van der Waals surface area contributed by atoms with E-state index in [0.717, 1.165) is 62.5 Å². The molecule has 3 aromatic rings. The molecule has 45 heavy (non-hydrogen) atoms. The summed E-state index contributed by atoms with van der Waals surface area (Å²) in [5.41, 5.74) is 2.26. The molecule has 2 N–H and O–H groups in total. The molecule has 0 unspecified atom stereocenters. The molecule has 4 atom stereocenters. The van der Waals surface area contributed by atoms with Gasteiger partial charge in [-0.25, -0.2) is 9.48 Å². The average molecular weight is 617 g/mol. The number of ether oxygens (including phenoxy) is 3. The minimum absolute atomic E-state index is 0.0166. The molecule has 0 saturated heterocycles. The third-order valence-electron chi connectivity index (χ3n) is 8.47. The van der Waals surface area contributed by atoms with Crippen molar-refractivity contribution in [2.45, 2.75) is 102 Å². The van der Waals surface area contributed by atoms with E-state index in [4.69, 9.17) is 14.2 Å². The zero-order valence-corrected chi connectivity index (χ0v) is 26.0. The highest BCUT2D eigenvalue weighted by Crippen LogP contribution is 2.24. The lowest BCUT2D eigenvalue weighted by molar-refractivity contribution is -0.124. The van der Waals surface area contributed by atoms with Gasteiger partial charge < -0.3 is 24.8 Å². The molecule has 1 heterocycles. The molecule has 2 aliphatic rings. The van der Waals surface area contributed by atoms with Crippen LogP contribution in [0.2, 0.25) is 0 Å². The molecule has 0 aliphatic heterocycles. The van der Waals surface area contributed by atoms with E-state index in [-0.39, 0.29) is 54.7 Å². The van der Waals surface area contributed by atoms with Gasteiger partial charge in [-0.05, 0) is 43.7 Å². The zero-order valence-electron chi connectivity index (χ0n) is 26.0. The first-order valence-electron chi connectivity index (χ1n) is 16.2. The van der Waals surface area contributed by atoms with Crippen LogP contribution >= 0.6 is 0 Å². The first-order valence-corrected chi connectivity index (χ1v) is 16.2. The van der Waals surface area contributed by atoms with Crippen molar-refractivity contribution in [3.8, 4) is 0 Å². The number of benzene rings is 2. The van der Waals surface area contributed by atoms with Crippen LogP contribution in [0.4, 0.5) is 0 Å². The van der Waals surface area contributed by atoms with Crippen molar-refractivity contribution >= 4 is 17.8 Å². The number of esters is 1. The van der Waals surface area contributed by atoms with Crippen LogP contribution < -0.4 is 10.6 Å². The number of amides is 2. The van der Waals surface area contributed by atoms with Gasteiger partial charge in [-0.2, -0.15) is 5.10 Å². The van der Waals surface area contributed by atoms with Crippen molar-refractivity contribution < 1.29 is 28.6 Å². The summed E-state index contributed by atoms with van der Waals surface area (Å²) in [6, 6.07) is 21.0. The Morgan fingerprint density at radius 3 is 1.87 bits per heavy atom. The molecule has 5 rings (SSSR count). The van der Waals surface area contributed by atoms with E-state index < -0.39 is 11.9 Å². The summed E-state index contributed by atoms with van der Waals surface area (Å²) >= 11 is 0. The third kappa shape index (κ3) is 9.25. The van der Waals surface area contributed by atoms with Crippen molar-refractivity contribution in [2.75, 3.05) is 6.61 Å². The van der Waals surface area contributed by atoms with Gasteiger partial charge in [-0.15, -0.1) is 0 Å². The molecule has 2 aliphatic carbocycles. The van der Waals surface area contributed by atoms with Crippen molar-refractivity contribution in [1.82, 2.24) is 20.4 Å². The number of hydrogen-bond donors (Lipinski definition) is 2. The predicted molar refractivity (Wildman–Crippen MR) is 168 cm³/mol. The molecular weight excluding hydrogens is 572 g/mol. The van der Waals surface area contributed by atoms with E-state index in [0.29, 0.717) is 13.2 Å². The molecule has 10 nitrogen and oxygen atoms in total. The molecule has 0 bridgehead atoms. The van der Waals surface area contributed by atoms with Crippen LogP contribution in [0, 0.1) is 0 Å². The second kappa shape index (κ2) is 16.3. The van der Waals surface area contributed by atoms with Crippen LogP contribution in [-0.2, 0) is 38.8 Å². The Morgan fingerprint density at radius 1 is 0.778 bits per heavy atom. The minimum atomic E-state index is -0.644. The van der Waals surface area contributed by atoms with Crippen molar-refractivity contribution in [3.05, 3.63) is 89.2 Å². The van der Waals surface area contributed by atoms with E-state index in [2.05, 4.69) is 15.7 Å². The lowest BCUT2D eigenvalue weighted by atomic mass is 9.92. The predicted octanol–water partition coefficient (Wildman–Crippen LogP) is 4.96. The molecule has 2 saturated carbocycles. The van der Waals surface area contributed by atoms with Crippen LogP contribution in [0.5, 0.6) is 0 Å². The van der Waals surface area contributed by atoms with Crippen molar-refractivity contribution in [2.24, 2.45) is 0 Å². The molecule has 0 spiro atoms. The topological polar surface area (TPSA) is 121 Å². The summed E-state index contributed by atoms with van der Waals surface area (Å²) in [6.07, 6.45) is 7.03. The molecule has 240 valence electrons. The number of carbonyl (C=O) groups is 3. The van der Waals surface area contributed by atoms with Gasteiger partial charge >= 0.3 is 5.97 Å². The lowest BCUT2D eigenvalue weighted by Gasteiger charge is -2.32. The van der Waals surface area contributed by atoms with Gasteiger partial charge in [-0.3, -0.25) is 9.59 Å². The van der Waals surface area contributed by atoms with Crippen molar-refractivity contribution in [3.63, 3.8) is 0 Å². The monoisotopic (exact) mass is 616 g/mol. The Balaban J connectivity index is 1.25. The van der Waals surface area contributed by atoms with Gasteiger partial charge in [0.15, 0.2) is 5.69 Å². The first-order chi connectivity index (χ1) is 22.0. The Labute approximate surface area is 264 Å². The fourth-order valence-corrected chi connectivity index (χ4v) is 6.13. The van der Waals surface area contributed by atoms with E-state index in [9.17, 15) is 14.4 Å². The molecular formula is C35H44N4O6. The van der Waals surface area contributed by atoms with Crippen LogP contribution in [-0.4, -0.2) is 58.5 Å². The van der Waals surface area contributed by atoms with E-state index in [1.54, 1.807) is 6.92 Å². The van der Waals surface area contributed by atoms with Gasteiger partial charge in [0.1, 0.15) is 12.2 Å². The number of hydrogen-bond acceptors (Lipinski definition) is 7. The van der Waals surface area contributed by atoms with Gasteiger partial charge in [0.2, 0.25) is 5.91 Å². The number of nitrogens with zero attached hydrogens (tertiary/aromatic N) is 2. The molecule has 2 amide bonds. The van der Waals surface area contributed by atoms with Crippen LogP contribution in [0.1, 0.15) is 90.4 Å². The Kier molecular flexibility index (Phi) is 11.8. The Morgan fingerprint density at radius 2 is 1.31 bits per heavy atom. The average Bonchev–Trinajstić information content (AvgIpc) is 3.49. The maximum atomic E-state index is 13.7. The van der Waals surface area contributed by atoms with Gasteiger partial charge in [0, 0.05) is 6.07 Å². The zero-order chi connectivity index (χ0) is 31.4. The molecule has 1 aromatic heterocycles. The Bertz CT molecular complexity index is 1400. The summed E-state index contributed by atoms with van der Waals surface area (Å²) in [6.45, 7) is 2.59. The highest BCUT2D eigenvalue weighted by Gasteiger charge is 2.31. The maximum Gasteiger partial charge on any atom is 0.358 e. The minimum Gasteiger partial charge on any atom is -0.461 e. The number of carbonyl (C=O) groups excluding carboxylic acids is 3. The molecule has 0 radical (unpaired) electrons. The van der Waals surface area contributed by atoms with Gasteiger partial charge in [0.05, 0.1) is 44.1 Å². The highest BCUT2D eigenvalue weighted by atomic mass is 16.5. The first kappa shape index (κ1) is 32.4. The second-order valence-corrected chi connectivity index (χ2v) is 11.8. The quantitative estimate of drug-likeness (QED) is 0.261. The fourth-order valence-electron chi connectivity index (χ4n) is 6.13. The standard InChI is InChI=1S/C35H44N4O6/c1-2-43-35(42)29-21-30(34(41)37-28-18-10-12-20-32(28)45-24-26-15-7-4-8-16-26)39(38-29)22-33(40)36-27-17-9-11-19-31(27)44-23-25-13-5-3-6-14-25/h3-8,13-16,21,27-28,31-32H,2,9-12,17-20,22-24H2,1H3,(H,36,40)(H,37,41)/t27-,28+,31+,32-/m0/s1. The third-order valence-corrected chi connectivity index (χ3v) is 8.47. The number of aromatic nitrogens is 2. The lowest BCUT2D eigenvalue weighted by Crippen LogP contribution is -2.48. The molecule has 2 aromatic carbocycles. The largest absolute Gasteiger partial charge is 0.461 e. The Hall–Kier alpha value is -4.02. The molecule has 10 heteroatoms. The summed E-state index contributed by atoms with van der Waals surface area (Å²) < 4.78 is 18.9. The van der Waals surface area contributed by atoms with Gasteiger partial charge in [-0.1, -0.05) is 86.3 Å².